The smallest absolute Gasteiger partial charge is 0.147 e. The van der Waals surface area contributed by atoms with E-state index in [1.165, 1.54) is 25.7 Å². The van der Waals surface area contributed by atoms with Crippen LogP contribution >= 0.6 is 24.8 Å². The summed E-state index contributed by atoms with van der Waals surface area (Å²) in [5.74, 6) is 0. The minimum atomic E-state index is -1.39. The Morgan fingerprint density at radius 1 is 0.864 bits per heavy atom. The van der Waals surface area contributed by atoms with Crippen molar-refractivity contribution in [1.82, 2.24) is 0 Å². The van der Waals surface area contributed by atoms with E-state index in [1.807, 2.05) is 7.76 Å². The molecule has 0 atom stereocenters. The molecular weight excluding hydrogens is 347 g/mol. The second-order valence-electron chi connectivity index (χ2n) is 6.36. The minimum absolute atomic E-state index is 0. The van der Waals surface area contributed by atoms with E-state index in [1.54, 1.807) is 26.1 Å². The van der Waals surface area contributed by atoms with Gasteiger partial charge in [-0.2, -0.15) is 0 Å². The standard InChI is InChI=1S/2C8H11.C3H6.2ClH.Ti/c2*1-3-8-5-4-7(2)6-8;1-3-2;;;/h2*6H,3,5H2,1-2H3;1-2H3;2*1H;. The van der Waals surface area contributed by atoms with Crippen molar-refractivity contribution in [2.24, 2.45) is 0 Å². The number of allylic oxidation sites excluding steroid dienone is 8. The van der Waals surface area contributed by atoms with Crippen LogP contribution < -0.4 is 0 Å². The summed E-state index contributed by atoms with van der Waals surface area (Å²) in [6, 6.07) is 0. The summed E-state index contributed by atoms with van der Waals surface area (Å²) in [4.78, 5) is 0. The van der Waals surface area contributed by atoms with Gasteiger partial charge in [0.25, 0.3) is 0 Å². The molecule has 0 fully saturated rings. The van der Waals surface area contributed by atoms with Gasteiger partial charge in [-0.05, 0) is 0 Å². The zero-order chi connectivity index (χ0) is 14.9. The number of hydrogen-bond donors (Lipinski definition) is 0. The number of rotatable bonds is 4. The summed E-state index contributed by atoms with van der Waals surface area (Å²) in [5, 5.41) is 0. The van der Waals surface area contributed by atoms with Gasteiger partial charge in [-0.3, -0.25) is 0 Å². The van der Waals surface area contributed by atoms with Gasteiger partial charge in [-0.15, -0.1) is 24.8 Å². The second-order valence-corrected chi connectivity index (χ2v) is 11.0. The summed E-state index contributed by atoms with van der Waals surface area (Å²) >= 11 is -1.39. The summed E-state index contributed by atoms with van der Waals surface area (Å²) in [5.41, 5.74) is 6.46. The van der Waals surface area contributed by atoms with Crippen molar-refractivity contribution in [3.63, 3.8) is 0 Å². The average Bonchev–Trinajstić information content (AvgIpc) is 2.94. The number of halogens is 2. The van der Waals surface area contributed by atoms with E-state index < -0.39 is 17.4 Å². The van der Waals surface area contributed by atoms with Crippen LogP contribution in [0.25, 0.3) is 0 Å². The molecule has 0 amide bonds. The van der Waals surface area contributed by atoms with Gasteiger partial charge in [0.15, 0.2) is 0 Å². The van der Waals surface area contributed by atoms with Crippen LogP contribution in [0.4, 0.5) is 0 Å². The van der Waals surface area contributed by atoms with E-state index in [0.29, 0.717) is 0 Å². The molecule has 2 rings (SSSR count). The summed E-state index contributed by atoms with van der Waals surface area (Å²) < 4.78 is 5.36. The molecule has 124 valence electrons. The molecule has 0 unspecified atom stereocenters. The second kappa shape index (κ2) is 9.43. The van der Waals surface area contributed by atoms with Crippen LogP contribution in [-0.4, -0.2) is 3.81 Å². The normalized spacial score (nSPS) is 17.0. The first-order chi connectivity index (χ1) is 9.47. The molecule has 0 saturated heterocycles. The summed E-state index contributed by atoms with van der Waals surface area (Å²) in [6.07, 6.45) is 9.88. The molecule has 22 heavy (non-hydrogen) atoms. The molecule has 3 heteroatoms. The van der Waals surface area contributed by atoms with E-state index >= 15 is 0 Å². The Balaban J connectivity index is 0.00000220. The third kappa shape index (κ3) is 4.57. The van der Waals surface area contributed by atoms with Gasteiger partial charge in [-0.1, -0.05) is 0 Å². The zero-order valence-electron chi connectivity index (χ0n) is 14.8. The van der Waals surface area contributed by atoms with Crippen molar-refractivity contribution in [2.75, 3.05) is 0 Å². The van der Waals surface area contributed by atoms with Crippen molar-refractivity contribution in [3.05, 3.63) is 42.2 Å². The first-order valence-corrected chi connectivity index (χ1v) is 10.3. The maximum Gasteiger partial charge on any atom is -0.147 e. The van der Waals surface area contributed by atoms with E-state index in [2.05, 4.69) is 53.7 Å². The fourth-order valence-corrected chi connectivity index (χ4v) is 8.60. The first kappa shape index (κ1) is 22.1. The summed E-state index contributed by atoms with van der Waals surface area (Å²) in [6.45, 7) is 14.0. The average molecular weight is 377 g/mol. The van der Waals surface area contributed by atoms with Crippen molar-refractivity contribution in [2.45, 2.75) is 67.2 Å². The van der Waals surface area contributed by atoms with Gasteiger partial charge in [-0.25, -0.2) is 0 Å². The Kier molecular flexibility index (Phi) is 9.48. The van der Waals surface area contributed by atoms with Gasteiger partial charge < -0.3 is 0 Å². The van der Waals surface area contributed by atoms with Gasteiger partial charge in [0.05, 0.1) is 0 Å². The molecule has 0 N–H and O–H groups in total. The molecule has 0 heterocycles. The van der Waals surface area contributed by atoms with Crippen LogP contribution in [0.3, 0.4) is 0 Å². The van der Waals surface area contributed by atoms with Gasteiger partial charge in [0.2, 0.25) is 0 Å². The van der Waals surface area contributed by atoms with Crippen molar-refractivity contribution in [3.8, 4) is 0 Å². The molecule has 0 aromatic heterocycles. The van der Waals surface area contributed by atoms with Crippen molar-refractivity contribution < 1.29 is 17.4 Å². The summed E-state index contributed by atoms with van der Waals surface area (Å²) in [7, 11) is 0. The van der Waals surface area contributed by atoms with Crippen LogP contribution in [0.15, 0.2) is 42.2 Å². The van der Waals surface area contributed by atoms with Gasteiger partial charge in [0.1, 0.15) is 0 Å². The van der Waals surface area contributed by atoms with Gasteiger partial charge >= 0.3 is 131 Å². The quantitative estimate of drug-likeness (QED) is 0.479. The fraction of sp³-hybridized carbons (Fsp3) is 0.526. The molecular formula is C19H30Cl2Ti. The molecule has 0 saturated carbocycles. The Morgan fingerprint density at radius 2 is 1.23 bits per heavy atom. The predicted molar refractivity (Wildman–Crippen MR) is 102 cm³/mol. The zero-order valence-corrected chi connectivity index (χ0v) is 18.0. The molecule has 2 aliphatic rings. The molecule has 0 bridgehead atoms. The van der Waals surface area contributed by atoms with Crippen LogP contribution in [0.1, 0.15) is 67.2 Å². The molecule has 0 aromatic rings. The largest absolute Gasteiger partial charge is 0.147 e. The van der Waals surface area contributed by atoms with Crippen molar-refractivity contribution in [1.29, 1.82) is 0 Å². The predicted octanol–water partition coefficient (Wildman–Crippen LogP) is 6.69. The fourth-order valence-electron chi connectivity index (χ4n) is 3.43. The Hall–Kier alpha value is 0.124. The Labute approximate surface area is 155 Å². The van der Waals surface area contributed by atoms with Gasteiger partial charge in [0, 0.05) is 0 Å². The van der Waals surface area contributed by atoms with E-state index in [0.717, 1.165) is 0 Å². The maximum absolute atomic E-state index is 2.46. The maximum atomic E-state index is 2.46. The SMILES string of the molecule is CCC1=CC(C)=[C]([Ti]([C]2=C(C)C=C(CC)C2)=[C](C)C)C1.Cl.Cl. The molecule has 0 aromatic carbocycles. The molecule has 0 radical (unpaired) electrons. The topological polar surface area (TPSA) is 0 Å². The molecule has 0 nitrogen and oxygen atoms in total. The van der Waals surface area contributed by atoms with Crippen LogP contribution in [0.5, 0.6) is 0 Å². The van der Waals surface area contributed by atoms with E-state index in [9.17, 15) is 0 Å². The third-order valence-corrected chi connectivity index (χ3v) is 9.84. The minimum Gasteiger partial charge on any atom is -0.147 e. The first-order valence-electron chi connectivity index (χ1n) is 7.94. The van der Waals surface area contributed by atoms with Crippen molar-refractivity contribution >= 4 is 28.6 Å². The molecule has 2 aliphatic carbocycles. The van der Waals surface area contributed by atoms with Crippen LogP contribution in [0, 0.1) is 0 Å². The Bertz CT molecular complexity index is 537. The van der Waals surface area contributed by atoms with E-state index in [-0.39, 0.29) is 24.8 Å². The van der Waals surface area contributed by atoms with Crippen LogP contribution in [0.2, 0.25) is 0 Å². The molecule has 0 aliphatic heterocycles. The Morgan fingerprint density at radius 3 is 1.45 bits per heavy atom. The monoisotopic (exact) mass is 376 g/mol. The van der Waals surface area contributed by atoms with Crippen LogP contribution in [-0.2, 0) is 17.4 Å². The number of hydrogen-bond acceptors (Lipinski definition) is 0. The van der Waals surface area contributed by atoms with E-state index in [4.69, 9.17) is 0 Å². The third-order valence-electron chi connectivity index (χ3n) is 4.61. The molecule has 0 spiro atoms.